The summed E-state index contributed by atoms with van der Waals surface area (Å²) >= 11 is 0. The summed E-state index contributed by atoms with van der Waals surface area (Å²) in [5.74, 6) is -3.69. The first-order valence-electron chi connectivity index (χ1n) is 20.7. The molecule has 0 bridgehead atoms. The molecule has 0 radical (unpaired) electrons. The fourth-order valence-corrected chi connectivity index (χ4v) is 6.42. The Morgan fingerprint density at radius 1 is 0.850 bits per heavy atom. The van der Waals surface area contributed by atoms with Crippen molar-refractivity contribution in [3.8, 4) is 0 Å². The van der Waals surface area contributed by atoms with Crippen molar-refractivity contribution >= 4 is 47.2 Å². The zero-order chi connectivity index (χ0) is 45.4. The number of amides is 7. The number of nitrogens with one attached hydrogen (secondary N) is 5. The lowest BCUT2D eigenvalue weighted by Crippen LogP contribution is -2.58. The van der Waals surface area contributed by atoms with Crippen LogP contribution in [0.3, 0.4) is 0 Å². The fraction of sp³-hybridized carbons (Fsp3) is 0.690. The lowest BCUT2D eigenvalue weighted by molar-refractivity contribution is -0.162. The second-order valence-corrected chi connectivity index (χ2v) is 17.8. The summed E-state index contributed by atoms with van der Waals surface area (Å²) < 4.78 is 48.2. The molecule has 60 heavy (non-hydrogen) atoms. The average Bonchev–Trinajstić information content (AvgIpc) is 3.43. The number of benzene rings is 1. The summed E-state index contributed by atoms with van der Waals surface area (Å²) in [6.45, 7) is 14.4. The Morgan fingerprint density at radius 2 is 1.48 bits per heavy atom. The summed E-state index contributed by atoms with van der Waals surface area (Å²) in [4.78, 5) is 89.0. The van der Waals surface area contributed by atoms with Gasteiger partial charge >= 0.3 is 18.2 Å². The van der Waals surface area contributed by atoms with Gasteiger partial charge in [0.2, 0.25) is 29.5 Å². The highest BCUT2D eigenvalue weighted by Crippen LogP contribution is 2.35. The minimum Gasteiger partial charge on any atom is -0.460 e. The molecule has 7 amide bonds. The predicted octanol–water partition coefficient (Wildman–Crippen LogP) is 5.07. The number of carbonyl (C=O) groups is 7. The van der Waals surface area contributed by atoms with Crippen LogP contribution in [0.15, 0.2) is 24.3 Å². The van der Waals surface area contributed by atoms with E-state index in [4.69, 9.17) is 10.5 Å². The van der Waals surface area contributed by atoms with Gasteiger partial charge in [0.15, 0.2) is 0 Å². The largest absolute Gasteiger partial charge is 0.460 e. The molecule has 15 nitrogen and oxygen atoms in total. The Morgan fingerprint density at radius 3 is 2.03 bits per heavy atom. The van der Waals surface area contributed by atoms with Crippen LogP contribution in [0.4, 0.5) is 23.7 Å². The second kappa shape index (κ2) is 23.3. The molecule has 1 aromatic carbocycles. The van der Waals surface area contributed by atoms with Crippen LogP contribution >= 0.6 is 0 Å². The predicted molar refractivity (Wildman–Crippen MR) is 220 cm³/mol. The number of likely N-dealkylation sites (tertiary alicyclic amines) is 1. The summed E-state index contributed by atoms with van der Waals surface area (Å²) in [7, 11) is 0. The molecule has 1 heterocycles. The number of halogens is 3. The maximum atomic E-state index is 14.3. The van der Waals surface area contributed by atoms with Crippen LogP contribution in [-0.4, -0.2) is 90.4 Å². The Balaban J connectivity index is 1.95. The number of carbonyl (C=O) groups excluding carboxylic acids is 7. The number of unbranched alkanes of at least 4 members (excludes halogenated alkanes) is 2. The molecule has 1 saturated heterocycles. The number of imide groups is 1. The summed E-state index contributed by atoms with van der Waals surface area (Å²) in [5.41, 5.74) is 5.37. The van der Waals surface area contributed by atoms with Gasteiger partial charge in [0.1, 0.15) is 18.7 Å². The molecule has 1 aliphatic heterocycles. The molecule has 18 heteroatoms. The van der Waals surface area contributed by atoms with E-state index in [1.807, 2.05) is 20.8 Å². The number of nitrogens with two attached hydrogens (primary N) is 1. The number of hydrogen-bond acceptors (Lipinski definition) is 9. The van der Waals surface area contributed by atoms with E-state index in [2.05, 4.69) is 26.6 Å². The Labute approximate surface area is 351 Å². The van der Waals surface area contributed by atoms with E-state index in [-0.39, 0.29) is 100 Å². The first-order chi connectivity index (χ1) is 27.8. The highest BCUT2D eigenvalue weighted by atomic mass is 19.4. The highest BCUT2D eigenvalue weighted by Gasteiger charge is 2.45. The number of nitrogens with zero attached hydrogens (tertiary/aromatic N) is 1. The molecular formula is C42H66F3N7O8. The number of primary amides is 1. The molecule has 1 aromatic rings. The van der Waals surface area contributed by atoms with E-state index in [1.54, 1.807) is 58.9 Å². The van der Waals surface area contributed by atoms with E-state index >= 15 is 0 Å². The maximum absolute atomic E-state index is 14.3. The Hall–Kier alpha value is -4.74. The van der Waals surface area contributed by atoms with Gasteiger partial charge in [-0.25, -0.2) is 4.79 Å². The molecule has 1 aliphatic rings. The molecule has 4 unspecified atom stereocenters. The molecule has 2 rings (SSSR count). The van der Waals surface area contributed by atoms with Gasteiger partial charge in [-0.05, 0) is 81.9 Å². The first-order valence-corrected chi connectivity index (χ1v) is 20.7. The molecule has 0 aliphatic carbocycles. The highest BCUT2D eigenvalue weighted by molar-refractivity contribution is 6.03. The minimum absolute atomic E-state index is 0.0236. The van der Waals surface area contributed by atoms with E-state index < -0.39 is 59.4 Å². The third-order valence-electron chi connectivity index (χ3n) is 10.1. The second-order valence-electron chi connectivity index (χ2n) is 17.8. The van der Waals surface area contributed by atoms with Crippen molar-refractivity contribution in [3.63, 3.8) is 0 Å². The SMILES string of the molecule is CC(C)C(NC(CCCCCN1C(=O)CC(C(C)(C)C)C1=O)C(F)(F)F)C(=O)NC(CCCNC(N)=O)C(=O)NCCCC(=O)Nc1ccc(COC(=O)C(C)(C)C)cc1. The molecule has 0 spiro atoms. The van der Waals surface area contributed by atoms with Gasteiger partial charge < -0.3 is 31.7 Å². The normalized spacial score (nSPS) is 16.3. The molecule has 0 saturated carbocycles. The number of ether oxygens (including phenoxy) is 1. The Kier molecular flexibility index (Phi) is 20.0. The van der Waals surface area contributed by atoms with Crippen molar-refractivity contribution in [2.45, 2.75) is 144 Å². The van der Waals surface area contributed by atoms with Crippen molar-refractivity contribution in [1.29, 1.82) is 0 Å². The number of hydrogen-bond donors (Lipinski definition) is 6. The molecule has 4 atom stereocenters. The van der Waals surface area contributed by atoms with Crippen molar-refractivity contribution in [2.24, 2.45) is 28.4 Å². The quantitative estimate of drug-likeness (QED) is 0.0491. The topological polar surface area (TPSA) is 218 Å². The number of urea groups is 1. The van der Waals surface area contributed by atoms with Crippen molar-refractivity contribution < 1.29 is 51.5 Å². The lowest BCUT2D eigenvalue weighted by atomic mass is 9.80. The van der Waals surface area contributed by atoms with Crippen LogP contribution in [0.25, 0.3) is 0 Å². The van der Waals surface area contributed by atoms with Crippen molar-refractivity contribution in [2.75, 3.05) is 25.0 Å². The van der Waals surface area contributed by atoms with Crippen LogP contribution in [-0.2, 0) is 40.1 Å². The van der Waals surface area contributed by atoms with E-state index in [0.29, 0.717) is 18.5 Å². The lowest BCUT2D eigenvalue weighted by Gasteiger charge is -2.30. The summed E-state index contributed by atoms with van der Waals surface area (Å²) in [6, 6.07) is 1.43. The molecular weight excluding hydrogens is 787 g/mol. The molecule has 1 fully saturated rings. The van der Waals surface area contributed by atoms with Crippen LogP contribution in [0.5, 0.6) is 0 Å². The zero-order valence-electron chi connectivity index (χ0n) is 36.3. The van der Waals surface area contributed by atoms with Crippen molar-refractivity contribution in [3.05, 3.63) is 29.8 Å². The van der Waals surface area contributed by atoms with Gasteiger partial charge in [0, 0.05) is 38.2 Å². The summed E-state index contributed by atoms with van der Waals surface area (Å²) in [6.07, 6.45) is -3.68. The van der Waals surface area contributed by atoms with Crippen LogP contribution in [0.2, 0.25) is 0 Å². The third-order valence-corrected chi connectivity index (χ3v) is 10.1. The molecule has 0 aromatic heterocycles. The van der Waals surface area contributed by atoms with Gasteiger partial charge in [0.05, 0.1) is 17.4 Å². The van der Waals surface area contributed by atoms with E-state index in [9.17, 15) is 46.7 Å². The number of alkyl halides is 3. The first kappa shape index (κ1) is 51.4. The zero-order valence-corrected chi connectivity index (χ0v) is 36.3. The smallest absolute Gasteiger partial charge is 0.403 e. The van der Waals surface area contributed by atoms with Gasteiger partial charge in [-0.2, -0.15) is 13.2 Å². The third kappa shape index (κ3) is 17.9. The average molecular weight is 854 g/mol. The summed E-state index contributed by atoms with van der Waals surface area (Å²) in [5, 5.41) is 12.9. The van der Waals surface area contributed by atoms with E-state index in [0.717, 1.165) is 5.56 Å². The van der Waals surface area contributed by atoms with Gasteiger partial charge in [-0.15, -0.1) is 0 Å². The van der Waals surface area contributed by atoms with Crippen LogP contribution < -0.4 is 32.3 Å². The van der Waals surface area contributed by atoms with Gasteiger partial charge in [-0.1, -0.05) is 59.6 Å². The van der Waals surface area contributed by atoms with Crippen LogP contribution in [0, 0.1) is 22.7 Å². The molecule has 338 valence electrons. The van der Waals surface area contributed by atoms with E-state index in [1.165, 1.54) is 4.90 Å². The molecule has 7 N–H and O–H groups in total. The van der Waals surface area contributed by atoms with Gasteiger partial charge in [-0.3, -0.25) is 39.0 Å². The number of anilines is 1. The maximum Gasteiger partial charge on any atom is 0.403 e. The fourth-order valence-electron chi connectivity index (χ4n) is 6.42. The standard InChI is InChI=1S/C42H66F3N7O8/c1-26(2)34(51-31(42(43,44)45)15-10-9-11-23-52-33(54)24-29(37(52)57)40(3,4)5)36(56)50-30(14-12-22-48-39(46)59)35(55)47-21-13-16-32(53)49-28-19-17-27(18-20-28)25-60-38(58)41(6,7)8/h17-20,26,29-31,34,51H,9-16,21-25H2,1-8H3,(H,47,55)(H,49,53)(H,50,56)(H3,46,48,59). The monoisotopic (exact) mass is 853 g/mol. The Bertz CT molecular complexity index is 1620. The minimum atomic E-state index is -4.70. The van der Waals surface area contributed by atoms with Crippen LogP contribution in [0.1, 0.15) is 119 Å². The number of rotatable bonds is 23. The van der Waals surface area contributed by atoms with Gasteiger partial charge in [0.25, 0.3) is 0 Å². The number of esters is 1. The van der Waals surface area contributed by atoms with Crippen molar-refractivity contribution in [1.82, 2.24) is 26.2 Å².